The molecule has 0 aliphatic carbocycles. The number of aliphatic carboxylic acids is 1. The number of anilines is 1. The molecule has 0 bridgehead atoms. The molecule has 37 heavy (non-hydrogen) atoms. The Balaban J connectivity index is 2.01. The minimum absolute atomic E-state index is 0.213. The average molecular weight is 522 g/mol. The lowest BCUT2D eigenvalue weighted by molar-refractivity contribution is -0.138. The molecule has 0 fully saturated rings. The maximum Gasteiger partial charge on any atom is 0.319 e. The van der Waals surface area contributed by atoms with Gasteiger partial charge >= 0.3 is 5.97 Å². The summed E-state index contributed by atoms with van der Waals surface area (Å²) in [6.07, 6.45) is 3.20. The summed E-state index contributed by atoms with van der Waals surface area (Å²) < 4.78 is 1.21. The van der Waals surface area contributed by atoms with Crippen molar-refractivity contribution in [1.29, 1.82) is 0 Å². The number of carbonyl (C=O) groups is 2. The van der Waals surface area contributed by atoms with Crippen molar-refractivity contribution >= 4 is 29.3 Å². The van der Waals surface area contributed by atoms with E-state index in [1.54, 1.807) is 13.8 Å². The van der Waals surface area contributed by atoms with Gasteiger partial charge in [-0.15, -0.1) is 11.8 Å². The first-order chi connectivity index (χ1) is 17.4. The van der Waals surface area contributed by atoms with E-state index in [2.05, 4.69) is 35.9 Å². The second-order valence-electron chi connectivity index (χ2n) is 10.4. The minimum Gasteiger partial charge on any atom is -0.480 e. The zero-order valence-electron chi connectivity index (χ0n) is 23.3. The Labute approximate surface area is 224 Å². The number of hydrogen-bond donors (Lipinski definition) is 2. The molecule has 0 atom stereocenters. The highest BCUT2D eigenvalue weighted by molar-refractivity contribution is 8.01. The lowest BCUT2D eigenvalue weighted by Crippen LogP contribution is -2.27. The summed E-state index contributed by atoms with van der Waals surface area (Å²) in [6, 6.07) is 10.1. The molecule has 0 aliphatic rings. The molecule has 7 heteroatoms. The van der Waals surface area contributed by atoms with Crippen molar-refractivity contribution in [2.75, 3.05) is 5.32 Å². The molecule has 0 saturated carbocycles. The maximum absolute atomic E-state index is 13.4. The molecule has 3 aromatic rings. The normalized spacial score (nSPS) is 11.6. The number of nitrogens with zero attached hydrogens (tertiary/aromatic N) is 2. The Morgan fingerprint density at radius 1 is 1.00 bits per heavy atom. The third kappa shape index (κ3) is 6.45. The van der Waals surface area contributed by atoms with Gasteiger partial charge in [-0.25, -0.2) is 4.98 Å². The van der Waals surface area contributed by atoms with Gasteiger partial charge in [-0.1, -0.05) is 43.5 Å². The zero-order valence-corrected chi connectivity index (χ0v) is 24.1. The van der Waals surface area contributed by atoms with Crippen LogP contribution in [0, 0.1) is 34.6 Å². The number of carboxylic acid groups (broad SMARTS) is 1. The summed E-state index contributed by atoms with van der Waals surface area (Å²) in [4.78, 5) is 30.8. The van der Waals surface area contributed by atoms with Crippen LogP contribution in [0.25, 0.3) is 11.4 Å². The first-order valence-electron chi connectivity index (χ1n) is 12.9. The van der Waals surface area contributed by atoms with E-state index in [0.717, 1.165) is 75.7 Å². The van der Waals surface area contributed by atoms with Gasteiger partial charge in [0, 0.05) is 28.4 Å². The van der Waals surface area contributed by atoms with Gasteiger partial charge in [0.25, 0.3) is 5.91 Å². The number of rotatable bonds is 10. The molecule has 0 radical (unpaired) electrons. The summed E-state index contributed by atoms with van der Waals surface area (Å²) in [6.45, 7) is 16.4. The van der Waals surface area contributed by atoms with Crippen LogP contribution >= 0.6 is 11.8 Å². The highest BCUT2D eigenvalue weighted by Gasteiger charge is 2.29. The topological polar surface area (TPSA) is 84.2 Å². The molecule has 1 heterocycles. The van der Waals surface area contributed by atoms with E-state index in [9.17, 15) is 14.7 Å². The molecule has 3 rings (SSSR count). The second kappa shape index (κ2) is 11.5. The zero-order chi connectivity index (χ0) is 27.5. The van der Waals surface area contributed by atoms with Crippen LogP contribution in [0.3, 0.4) is 0 Å². The van der Waals surface area contributed by atoms with E-state index >= 15 is 0 Å². The van der Waals surface area contributed by atoms with Crippen molar-refractivity contribution in [1.82, 2.24) is 9.55 Å². The number of carbonyl (C=O) groups excluding carboxylic acids is 1. The molecular formula is C30H39N3O3S. The summed E-state index contributed by atoms with van der Waals surface area (Å²) in [5.74, 6) is -0.304. The smallest absolute Gasteiger partial charge is 0.319 e. The molecule has 0 spiro atoms. The van der Waals surface area contributed by atoms with E-state index in [-0.39, 0.29) is 5.91 Å². The summed E-state index contributed by atoms with van der Waals surface area (Å²) >= 11 is 1.33. The molecule has 6 nitrogen and oxygen atoms in total. The largest absolute Gasteiger partial charge is 0.480 e. The molecule has 198 valence electrons. The van der Waals surface area contributed by atoms with Crippen molar-refractivity contribution in [3.05, 3.63) is 64.0 Å². The lowest BCUT2D eigenvalue weighted by Gasteiger charge is -2.20. The van der Waals surface area contributed by atoms with Gasteiger partial charge in [0.1, 0.15) is 16.3 Å². The Kier molecular flexibility index (Phi) is 8.90. The third-order valence-corrected chi connectivity index (χ3v) is 8.01. The molecular weight excluding hydrogens is 482 g/mol. The van der Waals surface area contributed by atoms with Gasteiger partial charge in [-0.3, -0.25) is 9.59 Å². The van der Waals surface area contributed by atoms with Crippen molar-refractivity contribution in [3.63, 3.8) is 0 Å². The van der Waals surface area contributed by atoms with Crippen LogP contribution in [0.1, 0.15) is 78.5 Å². The number of aromatic nitrogens is 2. The fourth-order valence-corrected chi connectivity index (χ4v) is 5.53. The Morgan fingerprint density at radius 2 is 1.65 bits per heavy atom. The summed E-state index contributed by atoms with van der Waals surface area (Å²) in [7, 11) is 0. The van der Waals surface area contributed by atoms with E-state index in [1.807, 2.05) is 45.9 Å². The van der Waals surface area contributed by atoms with Crippen LogP contribution in [0.5, 0.6) is 0 Å². The van der Waals surface area contributed by atoms with Gasteiger partial charge in [-0.2, -0.15) is 0 Å². The molecule has 0 unspecified atom stereocenters. The number of benzene rings is 2. The van der Waals surface area contributed by atoms with Crippen LogP contribution in [0.15, 0.2) is 35.2 Å². The van der Waals surface area contributed by atoms with Crippen molar-refractivity contribution in [3.8, 4) is 11.4 Å². The number of unbranched alkanes of at least 4 members (excludes halogenated alkanes) is 2. The van der Waals surface area contributed by atoms with Gasteiger partial charge in [0.2, 0.25) is 0 Å². The van der Waals surface area contributed by atoms with Crippen LogP contribution in [-0.4, -0.2) is 31.3 Å². The number of carboxylic acids is 1. The first kappa shape index (κ1) is 28.5. The van der Waals surface area contributed by atoms with E-state index in [1.165, 1.54) is 11.8 Å². The monoisotopic (exact) mass is 521 g/mol. The standard InChI is InChI=1S/C30H39N3O3S/c1-9-10-11-14-33-22(6)26(28(34)32-25-20(4)15-18(2)16-21(25)5)31-27(33)23-12-13-24(19(3)17-23)37-30(7,8)29(35)36/h12-13,15-17H,9-11,14H2,1-8H3,(H,32,34)(H,35,36). The Morgan fingerprint density at radius 3 is 2.22 bits per heavy atom. The van der Waals surface area contributed by atoms with Gasteiger partial charge in [-0.05, 0) is 83.7 Å². The van der Waals surface area contributed by atoms with Crippen molar-refractivity contribution in [2.45, 2.75) is 90.8 Å². The fourth-order valence-electron chi connectivity index (χ4n) is 4.53. The second-order valence-corrected chi connectivity index (χ2v) is 12.0. The Bertz CT molecular complexity index is 1300. The summed E-state index contributed by atoms with van der Waals surface area (Å²) in [5, 5.41) is 12.6. The maximum atomic E-state index is 13.4. The molecule has 2 N–H and O–H groups in total. The number of nitrogens with one attached hydrogen (secondary N) is 1. The highest BCUT2D eigenvalue weighted by atomic mass is 32.2. The number of thioether (sulfide) groups is 1. The molecule has 1 aromatic heterocycles. The van der Waals surface area contributed by atoms with Crippen LogP contribution in [-0.2, 0) is 11.3 Å². The molecule has 2 aromatic carbocycles. The first-order valence-corrected chi connectivity index (χ1v) is 13.7. The molecule has 0 saturated heterocycles. The van der Waals surface area contributed by atoms with Gasteiger partial charge < -0.3 is 15.0 Å². The van der Waals surface area contributed by atoms with E-state index in [4.69, 9.17) is 4.98 Å². The van der Waals surface area contributed by atoms with E-state index in [0.29, 0.717) is 5.69 Å². The number of amides is 1. The predicted molar refractivity (Wildman–Crippen MR) is 153 cm³/mol. The molecule has 1 amide bonds. The van der Waals surface area contributed by atoms with Gasteiger partial charge in [0.05, 0.1) is 0 Å². The van der Waals surface area contributed by atoms with E-state index < -0.39 is 10.7 Å². The predicted octanol–water partition coefficient (Wildman–Crippen LogP) is 7.49. The summed E-state index contributed by atoms with van der Waals surface area (Å²) in [5.41, 5.74) is 7.21. The number of hydrogen-bond acceptors (Lipinski definition) is 4. The Hall–Kier alpha value is -3.06. The number of imidazole rings is 1. The lowest BCUT2D eigenvalue weighted by atomic mass is 10.0. The number of aryl methyl sites for hydroxylation is 4. The fraction of sp³-hybridized carbons (Fsp3) is 0.433. The van der Waals surface area contributed by atoms with Gasteiger partial charge in [0.15, 0.2) is 0 Å². The minimum atomic E-state index is -0.932. The van der Waals surface area contributed by atoms with Crippen LogP contribution in [0.2, 0.25) is 0 Å². The average Bonchev–Trinajstić information content (AvgIpc) is 3.13. The van der Waals surface area contributed by atoms with Crippen molar-refractivity contribution in [2.24, 2.45) is 0 Å². The SMILES string of the molecule is CCCCCn1c(-c2ccc(SC(C)(C)C(=O)O)c(C)c2)nc(C(=O)Nc2c(C)cc(C)cc2C)c1C. The quantitative estimate of drug-likeness (QED) is 0.213. The molecule has 0 aliphatic heterocycles. The third-order valence-electron chi connectivity index (χ3n) is 6.65. The van der Waals surface area contributed by atoms with Crippen LogP contribution < -0.4 is 5.32 Å². The van der Waals surface area contributed by atoms with Crippen LogP contribution in [0.4, 0.5) is 5.69 Å². The van der Waals surface area contributed by atoms with Crippen molar-refractivity contribution < 1.29 is 14.7 Å². The highest BCUT2D eigenvalue weighted by Crippen LogP contribution is 2.36.